The Balaban J connectivity index is 2.12. The Hall–Kier alpha value is -1.29. The Morgan fingerprint density at radius 3 is 2.74 bits per heavy atom. The maximum Gasteiger partial charge on any atom is 0.132 e. The van der Waals surface area contributed by atoms with Gasteiger partial charge in [-0.15, -0.1) is 0 Å². The molecule has 2 rings (SSSR count). The number of rotatable bonds is 5. The molecule has 0 amide bonds. The molecule has 1 N–H and O–H groups in total. The molecule has 1 heterocycles. The molecule has 0 fully saturated rings. The third-order valence-corrected chi connectivity index (χ3v) is 3.14. The largest absolute Gasteiger partial charge is 0.487 e. The third kappa shape index (κ3) is 3.83. The van der Waals surface area contributed by atoms with Crippen LogP contribution in [0.25, 0.3) is 0 Å². The summed E-state index contributed by atoms with van der Waals surface area (Å²) in [6, 6.07) is 11.2. The van der Waals surface area contributed by atoms with Crippen molar-refractivity contribution in [3.05, 3.63) is 57.8 Å². The number of nitrogens with zero attached hydrogens (tertiary/aromatic N) is 1. The maximum atomic E-state index is 6.05. The van der Waals surface area contributed by atoms with Gasteiger partial charge in [0, 0.05) is 12.1 Å². The zero-order valence-electron chi connectivity index (χ0n) is 10.5. The minimum Gasteiger partial charge on any atom is -0.487 e. The molecular formula is C14H14Cl2N2O. The molecule has 0 saturated carbocycles. The quantitative estimate of drug-likeness (QED) is 0.855. The van der Waals surface area contributed by atoms with Gasteiger partial charge in [-0.3, -0.25) is 0 Å². The molecule has 0 spiro atoms. The predicted molar refractivity (Wildman–Crippen MR) is 77.8 cm³/mol. The van der Waals surface area contributed by atoms with Gasteiger partial charge in [-0.05, 0) is 25.2 Å². The maximum absolute atomic E-state index is 6.05. The second-order valence-electron chi connectivity index (χ2n) is 3.99. The molecule has 0 radical (unpaired) electrons. The van der Waals surface area contributed by atoms with Crippen LogP contribution in [0.15, 0.2) is 36.4 Å². The Kier molecular flexibility index (Phi) is 5.02. The Morgan fingerprint density at radius 2 is 1.95 bits per heavy atom. The van der Waals surface area contributed by atoms with Gasteiger partial charge in [-0.25, -0.2) is 4.98 Å². The lowest BCUT2D eigenvalue weighted by Gasteiger charge is -2.11. The third-order valence-electron chi connectivity index (χ3n) is 2.59. The average molecular weight is 297 g/mol. The average Bonchev–Trinajstić information content (AvgIpc) is 2.42. The van der Waals surface area contributed by atoms with E-state index in [1.54, 1.807) is 12.1 Å². The van der Waals surface area contributed by atoms with Gasteiger partial charge in [0.15, 0.2) is 0 Å². The van der Waals surface area contributed by atoms with Gasteiger partial charge in [0.25, 0.3) is 0 Å². The number of halogens is 2. The van der Waals surface area contributed by atoms with E-state index in [2.05, 4.69) is 10.3 Å². The highest BCUT2D eigenvalue weighted by Gasteiger charge is 2.06. The molecule has 5 heteroatoms. The van der Waals surface area contributed by atoms with Gasteiger partial charge in [-0.2, -0.15) is 0 Å². The van der Waals surface area contributed by atoms with Crippen molar-refractivity contribution in [2.45, 2.75) is 13.2 Å². The van der Waals surface area contributed by atoms with Crippen LogP contribution in [0.1, 0.15) is 11.3 Å². The van der Waals surface area contributed by atoms with Crippen LogP contribution in [0.5, 0.6) is 5.75 Å². The molecule has 0 atom stereocenters. The molecule has 1 aromatic carbocycles. The highest BCUT2D eigenvalue weighted by Crippen LogP contribution is 2.22. The lowest BCUT2D eigenvalue weighted by atomic mass is 10.2. The highest BCUT2D eigenvalue weighted by molar-refractivity contribution is 6.32. The molecule has 0 saturated heterocycles. The van der Waals surface area contributed by atoms with E-state index in [9.17, 15) is 0 Å². The van der Waals surface area contributed by atoms with Crippen LogP contribution in [-0.2, 0) is 13.2 Å². The summed E-state index contributed by atoms with van der Waals surface area (Å²) < 4.78 is 5.77. The number of para-hydroxylation sites is 1. The number of ether oxygens (including phenoxy) is 1. The summed E-state index contributed by atoms with van der Waals surface area (Å²) >= 11 is 11.9. The molecule has 0 aliphatic heterocycles. The van der Waals surface area contributed by atoms with E-state index in [1.165, 1.54) is 0 Å². The summed E-state index contributed by atoms with van der Waals surface area (Å²) in [5, 5.41) is 4.06. The van der Waals surface area contributed by atoms with Crippen molar-refractivity contribution in [2.24, 2.45) is 0 Å². The fourth-order valence-corrected chi connectivity index (χ4v) is 2.01. The normalized spacial score (nSPS) is 10.5. The van der Waals surface area contributed by atoms with Crippen LogP contribution in [0.4, 0.5) is 0 Å². The fraction of sp³-hybridized carbons (Fsp3) is 0.214. The molecule has 0 aliphatic rings. The van der Waals surface area contributed by atoms with Crippen molar-refractivity contribution < 1.29 is 4.74 Å². The number of benzene rings is 1. The van der Waals surface area contributed by atoms with Gasteiger partial charge in [0.05, 0.1) is 10.7 Å². The van der Waals surface area contributed by atoms with Gasteiger partial charge < -0.3 is 10.1 Å². The van der Waals surface area contributed by atoms with E-state index in [4.69, 9.17) is 27.9 Å². The second kappa shape index (κ2) is 6.75. The van der Waals surface area contributed by atoms with Crippen molar-refractivity contribution >= 4 is 23.2 Å². The number of nitrogens with one attached hydrogen (secondary N) is 1. The second-order valence-corrected chi connectivity index (χ2v) is 4.78. The molecule has 2 aromatic rings. The summed E-state index contributed by atoms with van der Waals surface area (Å²) in [6.45, 7) is 1.03. The van der Waals surface area contributed by atoms with E-state index in [0.29, 0.717) is 22.5 Å². The van der Waals surface area contributed by atoms with Crippen molar-refractivity contribution in [1.29, 1.82) is 0 Å². The van der Waals surface area contributed by atoms with E-state index in [0.717, 1.165) is 17.9 Å². The summed E-state index contributed by atoms with van der Waals surface area (Å²) in [5.41, 5.74) is 1.72. The van der Waals surface area contributed by atoms with E-state index in [1.807, 2.05) is 31.3 Å². The zero-order chi connectivity index (χ0) is 13.7. The van der Waals surface area contributed by atoms with E-state index < -0.39 is 0 Å². The molecule has 0 bridgehead atoms. The summed E-state index contributed by atoms with van der Waals surface area (Å²) in [7, 11) is 1.90. The molecule has 3 nitrogen and oxygen atoms in total. The van der Waals surface area contributed by atoms with Gasteiger partial charge in [0.1, 0.15) is 17.5 Å². The standard InChI is InChI=1S/C14H14Cl2N2O/c1-17-8-10-4-2-3-5-13(10)19-9-12-11(15)6-7-14(16)18-12/h2-7,17H,8-9H2,1H3. The lowest BCUT2D eigenvalue weighted by Crippen LogP contribution is -2.08. The zero-order valence-corrected chi connectivity index (χ0v) is 12.0. The van der Waals surface area contributed by atoms with E-state index in [-0.39, 0.29) is 0 Å². The molecule has 0 aliphatic carbocycles. The summed E-state index contributed by atoms with van der Waals surface area (Å²) in [5.74, 6) is 0.815. The highest BCUT2D eigenvalue weighted by atomic mass is 35.5. The molecular weight excluding hydrogens is 283 g/mol. The fourth-order valence-electron chi connectivity index (χ4n) is 1.69. The van der Waals surface area contributed by atoms with E-state index >= 15 is 0 Å². The van der Waals surface area contributed by atoms with Crippen molar-refractivity contribution in [2.75, 3.05) is 7.05 Å². The number of pyridine rings is 1. The van der Waals surface area contributed by atoms with Crippen molar-refractivity contribution in [1.82, 2.24) is 10.3 Å². The topological polar surface area (TPSA) is 34.1 Å². The van der Waals surface area contributed by atoms with Crippen LogP contribution in [0, 0.1) is 0 Å². The monoisotopic (exact) mass is 296 g/mol. The minimum atomic E-state index is 0.292. The van der Waals surface area contributed by atoms with Gasteiger partial charge in [0.2, 0.25) is 0 Å². The van der Waals surface area contributed by atoms with Crippen LogP contribution in [-0.4, -0.2) is 12.0 Å². The Morgan fingerprint density at radius 1 is 1.16 bits per heavy atom. The molecule has 100 valence electrons. The number of aromatic nitrogens is 1. The number of hydrogen-bond acceptors (Lipinski definition) is 3. The molecule has 0 unspecified atom stereocenters. The number of hydrogen-bond donors (Lipinski definition) is 1. The first kappa shape index (κ1) is 14.1. The summed E-state index contributed by atoms with van der Waals surface area (Å²) in [6.07, 6.45) is 0. The van der Waals surface area contributed by atoms with Crippen LogP contribution in [0.2, 0.25) is 10.2 Å². The summed E-state index contributed by atoms with van der Waals surface area (Å²) in [4.78, 5) is 4.16. The van der Waals surface area contributed by atoms with Gasteiger partial charge in [-0.1, -0.05) is 41.4 Å². The van der Waals surface area contributed by atoms with Crippen LogP contribution in [0.3, 0.4) is 0 Å². The predicted octanol–water partition coefficient (Wildman–Crippen LogP) is 3.69. The molecule has 19 heavy (non-hydrogen) atoms. The van der Waals surface area contributed by atoms with Gasteiger partial charge >= 0.3 is 0 Å². The smallest absolute Gasteiger partial charge is 0.132 e. The first-order chi connectivity index (χ1) is 9.20. The SMILES string of the molecule is CNCc1ccccc1OCc1nc(Cl)ccc1Cl. The minimum absolute atomic E-state index is 0.292. The van der Waals surface area contributed by atoms with Crippen LogP contribution >= 0.6 is 23.2 Å². The van der Waals surface area contributed by atoms with Crippen molar-refractivity contribution in [3.63, 3.8) is 0 Å². The van der Waals surface area contributed by atoms with Crippen LogP contribution < -0.4 is 10.1 Å². The first-order valence-electron chi connectivity index (χ1n) is 5.87. The Labute approximate surface area is 122 Å². The first-order valence-corrected chi connectivity index (χ1v) is 6.62. The lowest BCUT2D eigenvalue weighted by molar-refractivity contribution is 0.298. The molecule has 1 aromatic heterocycles. The van der Waals surface area contributed by atoms with Crippen molar-refractivity contribution in [3.8, 4) is 5.75 Å². The Bertz CT molecular complexity index is 561.